The normalized spacial score (nSPS) is 12.6. The summed E-state index contributed by atoms with van der Waals surface area (Å²) in [6.45, 7) is -1.58. The first-order valence-corrected chi connectivity index (χ1v) is 5.03. The number of ether oxygens (including phenoxy) is 1. The minimum Gasteiger partial charge on any atom is -0.481 e. The largest absolute Gasteiger partial charge is 0.481 e. The number of nitrogens with zero attached hydrogens (tertiary/aromatic N) is 2. The molecule has 0 amide bonds. The summed E-state index contributed by atoms with van der Waals surface area (Å²) in [7, 11) is 0. The van der Waals surface area contributed by atoms with Crippen LogP contribution in [-0.2, 0) is 0 Å². The molecule has 100 valence electrons. The molecule has 10 heteroatoms. The van der Waals surface area contributed by atoms with E-state index in [1.54, 1.807) is 0 Å². The van der Waals surface area contributed by atoms with Crippen LogP contribution in [0.3, 0.4) is 0 Å². The lowest BCUT2D eigenvalue weighted by molar-refractivity contribution is -0.153. The predicted molar refractivity (Wildman–Crippen MR) is 58.3 cm³/mol. The average Bonchev–Trinajstić information content (AvgIpc) is 2.26. The van der Waals surface area contributed by atoms with Crippen LogP contribution in [0.2, 0.25) is 10.0 Å². The van der Waals surface area contributed by atoms with Crippen LogP contribution in [0, 0.1) is 0 Å². The summed E-state index contributed by atoms with van der Waals surface area (Å²) in [5.41, 5.74) is 4.99. The molecule has 0 aromatic carbocycles. The highest BCUT2D eigenvalue weighted by Crippen LogP contribution is 2.35. The zero-order chi connectivity index (χ0) is 13.9. The van der Waals surface area contributed by atoms with E-state index in [1.165, 1.54) is 0 Å². The number of hydrogen-bond acceptors (Lipinski definition) is 4. The lowest BCUT2D eigenvalue weighted by Crippen LogP contribution is -2.21. The quantitative estimate of drug-likeness (QED) is 0.389. The summed E-state index contributed by atoms with van der Waals surface area (Å²) in [6.07, 6.45) is -3.57. The van der Waals surface area contributed by atoms with Crippen LogP contribution < -0.4 is 10.5 Å². The summed E-state index contributed by atoms with van der Waals surface area (Å²) < 4.78 is 40.5. The lowest BCUT2D eigenvalue weighted by Gasteiger charge is -2.13. The van der Waals surface area contributed by atoms with Gasteiger partial charge in [-0.1, -0.05) is 28.4 Å². The Morgan fingerprint density at radius 2 is 2.11 bits per heavy atom. The highest BCUT2D eigenvalue weighted by atomic mass is 35.5. The number of nitrogens with two attached hydrogens (primary N) is 1. The van der Waals surface area contributed by atoms with Crippen LogP contribution in [0.1, 0.15) is 5.69 Å². The predicted octanol–water partition coefficient (Wildman–Crippen LogP) is 2.42. The molecule has 5 nitrogen and oxygen atoms in total. The van der Waals surface area contributed by atoms with Crippen LogP contribution in [0.5, 0.6) is 5.75 Å². The fourth-order valence-electron chi connectivity index (χ4n) is 0.961. The summed E-state index contributed by atoms with van der Waals surface area (Å²) in [4.78, 5) is 3.61. The Bertz CT molecular complexity index is 479. The van der Waals surface area contributed by atoms with E-state index in [-0.39, 0.29) is 15.7 Å². The van der Waals surface area contributed by atoms with Crippen molar-refractivity contribution in [1.29, 1.82) is 0 Å². The molecule has 1 heterocycles. The fourth-order valence-corrected chi connectivity index (χ4v) is 1.51. The van der Waals surface area contributed by atoms with Gasteiger partial charge in [-0.15, -0.1) is 0 Å². The molecule has 18 heavy (non-hydrogen) atoms. The van der Waals surface area contributed by atoms with E-state index in [2.05, 4.69) is 14.9 Å². The van der Waals surface area contributed by atoms with Gasteiger partial charge in [0.1, 0.15) is 15.7 Å². The van der Waals surface area contributed by atoms with Crippen molar-refractivity contribution in [3.63, 3.8) is 0 Å². The molecule has 0 saturated heterocycles. The molecular formula is C8H6Cl2F3N3O2. The third-order valence-corrected chi connectivity index (χ3v) is 2.28. The van der Waals surface area contributed by atoms with E-state index in [9.17, 15) is 13.2 Å². The summed E-state index contributed by atoms with van der Waals surface area (Å²) >= 11 is 11.3. The molecule has 0 atom stereocenters. The Morgan fingerprint density at radius 3 is 2.61 bits per heavy atom. The second-order valence-corrected chi connectivity index (χ2v) is 3.77. The van der Waals surface area contributed by atoms with Gasteiger partial charge in [-0.25, -0.2) is 4.98 Å². The van der Waals surface area contributed by atoms with Crippen molar-refractivity contribution >= 4 is 29.0 Å². The zero-order valence-electron chi connectivity index (χ0n) is 8.50. The number of aromatic nitrogens is 1. The molecule has 0 aliphatic rings. The molecule has 0 radical (unpaired) electrons. The van der Waals surface area contributed by atoms with Crippen molar-refractivity contribution in [3.8, 4) is 5.75 Å². The van der Waals surface area contributed by atoms with Crippen molar-refractivity contribution < 1.29 is 23.1 Å². The van der Waals surface area contributed by atoms with E-state index in [1.807, 2.05) is 0 Å². The zero-order valence-corrected chi connectivity index (χ0v) is 10.0. The lowest BCUT2D eigenvalue weighted by atomic mass is 10.3. The number of pyridine rings is 1. The topological polar surface area (TPSA) is 80.7 Å². The number of hydrogen-bond donors (Lipinski definition) is 2. The van der Waals surface area contributed by atoms with Crippen molar-refractivity contribution in [2.45, 2.75) is 6.18 Å². The van der Waals surface area contributed by atoms with Gasteiger partial charge in [0.25, 0.3) is 0 Å². The molecule has 0 saturated carbocycles. The Labute approximate surface area is 109 Å². The Hall–Kier alpha value is -1.41. The second kappa shape index (κ2) is 5.49. The second-order valence-electron chi connectivity index (χ2n) is 2.99. The van der Waals surface area contributed by atoms with Crippen LogP contribution in [0.4, 0.5) is 13.2 Å². The summed E-state index contributed by atoms with van der Waals surface area (Å²) in [6, 6.07) is 0. The molecule has 0 unspecified atom stereocenters. The van der Waals surface area contributed by atoms with Crippen molar-refractivity contribution in [3.05, 3.63) is 21.9 Å². The Kier molecular flexibility index (Phi) is 4.47. The maximum atomic E-state index is 12.0. The number of oxime groups is 1. The number of rotatable bonds is 3. The SMILES string of the molecule is NC(=NO)c1ncc(Cl)c(OCC(F)(F)F)c1Cl. The summed E-state index contributed by atoms with van der Waals surface area (Å²) in [5.74, 6) is -0.916. The maximum Gasteiger partial charge on any atom is 0.422 e. The minimum atomic E-state index is -4.55. The molecule has 3 N–H and O–H groups in total. The van der Waals surface area contributed by atoms with Crippen LogP contribution in [-0.4, -0.2) is 28.8 Å². The Morgan fingerprint density at radius 1 is 1.50 bits per heavy atom. The smallest absolute Gasteiger partial charge is 0.422 e. The molecule has 0 fully saturated rings. The summed E-state index contributed by atoms with van der Waals surface area (Å²) in [5, 5.41) is 10.5. The molecule has 0 aliphatic carbocycles. The molecule has 0 spiro atoms. The van der Waals surface area contributed by atoms with E-state index < -0.39 is 24.4 Å². The number of halogens is 5. The fraction of sp³-hybridized carbons (Fsp3) is 0.250. The number of amidine groups is 1. The van der Waals surface area contributed by atoms with E-state index >= 15 is 0 Å². The van der Waals surface area contributed by atoms with Crippen LogP contribution in [0.15, 0.2) is 11.4 Å². The van der Waals surface area contributed by atoms with Gasteiger partial charge in [0, 0.05) is 0 Å². The third kappa shape index (κ3) is 3.54. The van der Waals surface area contributed by atoms with E-state index in [0.29, 0.717) is 0 Å². The molecule has 1 rings (SSSR count). The van der Waals surface area contributed by atoms with Crippen molar-refractivity contribution in [2.75, 3.05) is 6.61 Å². The van der Waals surface area contributed by atoms with Gasteiger partial charge >= 0.3 is 6.18 Å². The first-order valence-electron chi connectivity index (χ1n) is 4.27. The first-order chi connectivity index (χ1) is 8.26. The van der Waals surface area contributed by atoms with Gasteiger partial charge in [-0.3, -0.25) is 0 Å². The minimum absolute atomic E-state index is 0.223. The van der Waals surface area contributed by atoms with Gasteiger partial charge in [0.05, 0.1) is 6.20 Å². The maximum absolute atomic E-state index is 12.0. The van der Waals surface area contributed by atoms with Crippen LogP contribution in [0.25, 0.3) is 0 Å². The van der Waals surface area contributed by atoms with Gasteiger partial charge < -0.3 is 15.7 Å². The molecule has 1 aromatic rings. The van der Waals surface area contributed by atoms with Crippen molar-refractivity contribution in [1.82, 2.24) is 4.98 Å². The van der Waals surface area contributed by atoms with E-state index in [4.69, 9.17) is 34.1 Å². The standard InChI is InChI=1S/C8H6Cl2F3N3O2/c9-3-1-15-5(7(14)16-17)4(10)6(3)18-2-8(11,12)13/h1,17H,2H2,(H2,14,16). The van der Waals surface area contributed by atoms with Gasteiger partial charge in [-0.2, -0.15) is 13.2 Å². The van der Waals surface area contributed by atoms with Crippen molar-refractivity contribution in [2.24, 2.45) is 10.9 Å². The molecule has 1 aromatic heterocycles. The van der Waals surface area contributed by atoms with Crippen LogP contribution >= 0.6 is 23.2 Å². The van der Waals surface area contributed by atoms with E-state index in [0.717, 1.165) is 6.20 Å². The number of alkyl halides is 3. The molecule has 0 aliphatic heterocycles. The first kappa shape index (κ1) is 14.7. The monoisotopic (exact) mass is 303 g/mol. The average molecular weight is 304 g/mol. The molecular weight excluding hydrogens is 298 g/mol. The third-order valence-electron chi connectivity index (χ3n) is 1.66. The molecule has 0 bridgehead atoms. The van der Waals surface area contributed by atoms with Gasteiger partial charge in [0.2, 0.25) is 0 Å². The Balaban J connectivity index is 3.11. The van der Waals surface area contributed by atoms with Gasteiger partial charge in [-0.05, 0) is 0 Å². The highest BCUT2D eigenvalue weighted by molar-refractivity contribution is 6.38. The highest BCUT2D eigenvalue weighted by Gasteiger charge is 2.30. The van der Waals surface area contributed by atoms with Gasteiger partial charge in [0.15, 0.2) is 18.2 Å².